The van der Waals surface area contributed by atoms with Crippen LogP contribution in [0.4, 0.5) is 0 Å². The van der Waals surface area contributed by atoms with Crippen LogP contribution in [0.15, 0.2) is 58.2 Å². The lowest BCUT2D eigenvalue weighted by Crippen LogP contribution is -2.41. The van der Waals surface area contributed by atoms with Gasteiger partial charge in [0, 0.05) is 23.1 Å². The standard InChI is InChI=1S/C19H18N4O3S/c1-12-16(13(2)26-23-12)11-27-19-15(9-6-10-20-19)18(25)22-21-17(24)14-7-4-3-5-8-14/h3-10H,11H2,1-2H3,(H,21,24)(H,22,25). The molecular formula is C19H18N4O3S. The van der Waals surface area contributed by atoms with E-state index in [4.69, 9.17) is 4.52 Å². The average molecular weight is 382 g/mol. The molecule has 0 spiro atoms. The summed E-state index contributed by atoms with van der Waals surface area (Å²) in [5, 5.41) is 4.49. The second-order valence-corrected chi connectivity index (χ2v) is 6.69. The van der Waals surface area contributed by atoms with Crippen LogP contribution in [0.3, 0.4) is 0 Å². The van der Waals surface area contributed by atoms with Gasteiger partial charge in [0.2, 0.25) is 0 Å². The van der Waals surface area contributed by atoms with Crippen molar-refractivity contribution in [2.45, 2.75) is 24.6 Å². The Hall–Kier alpha value is -3.13. The van der Waals surface area contributed by atoms with E-state index < -0.39 is 11.8 Å². The minimum absolute atomic E-state index is 0.377. The molecule has 2 N–H and O–H groups in total. The summed E-state index contributed by atoms with van der Waals surface area (Å²) in [6, 6.07) is 12.0. The maximum absolute atomic E-state index is 12.5. The summed E-state index contributed by atoms with van der Waals surface area (Å²) in [5.74, 6) is 0.498. The Bertz CT molecular complexity index is 937. The van der Waals surface area contributed by atoms with Crippen LogP contribution in [-0.2, 0) is 5.75 Å². The number of nitrogens with one attached hydrogen (secondary N) is 2. The van der Waals surface area contributed by atoms with Crippen molar-refractivity contribution in [1.82, 2.24) is 21.0 Å². The first-order valence-corrected chi connectivity index (χ1v) is 9.20. The van der Waals surface area contributed by atoms with Crippen LogP contribution in [0.25, 0.3) is 0 Å². The molecule has 0 saturated carbocycles. The van der Waals surface area contributed by atoms with E-state index in [0.29, 0.717) is 21.9 Å². The van der Waals surface area contributed by atoms with Gasteiger partial charge >= 0.3 is 0 Å². The predicted octanol–water partition coefficient (Wildman–Crippen LogP) is 3.05. The minimum Gasteiger partial charge on any atom is -0.361 e. The van der Waals surface area contributed by atoms with Gasteiger partial charge in [-0.1, -0.05) is 23.4 Å². The molecular weight excluding hydrogens is 364 g/mol. The third kappa shape index (κ3) is 4.53. The zero-order valence-corrected chi connectivity index (χ0v) is 15.7. The predicted molar refractivity (Wildman–Crippen MR) is 101 cm³/mol. The highest BCUT2D eigenvalue weighted by atomic mass is 32.2. The molecule has 0 radical (unpaired) electrons. The van der Waals surface area contributed by atoms with Crippen molar-refractivity contribution in [1.29, 1.82) is 0 Å². The summed E-state index contributed by atoms with van der Waals surface area (Å²) < 4.78 is 5.16. The Balaban J connectivity index is 1.66. The van der Waals surface area contributed by atoms with Crippen molar-refractivity contribution in [2.75, 3.05) is 0 Å². The molecule has 0 unspecified atom stereocenters. The zero-order valence-electron chi connectivity index (χ0n) is 14.9. The molecule has 0 saturated heterocycles. The number of aromatic nitrogens is 2. The molecule has 7 nitrogen and oxygen atoms in total. The SMILES string of the molecule is Cc1noc(C)c1CSc1ncccc1C(=O)NNC(=O)c1ccccc1. The lowest BCUT2D eigenvalue weighted by Gasteiger charge is -2.10. The minimum atomic E-state index is -0.436. The topological polar surface area (TPSA) is 97.1 Å². The summed E-state index contributed by atoms with van der Waals surface area (Å²) in [7, 11) is 0. The van der Waals surface area contributed by atoms with E-state index in [1.807, 2.05) is 19.9 Å². The summed E-state index contributed by atoms with van der Waals surface area (Å²) in [6.07, 6.45) is 1.62. The van der Waals surface area contributed by atoms with Gasteiger partial charge in [0.25, 0.3) is 11.8 Å². The summed E-state index contributed by atoms with van der Waals surface area (Å²) in [6.45, 7) is 3.72. The zero-order chi connectivity index (χ0) is 19.2. The van der Waals surface area contributed by atoms with Crippen LogP contribution < -0.4 is 10.9 Å². The Labute approximate surface area is 160 Å². The van der Waals surface area contributed by atoms with Crippen LogP contribution in [0.1, 0.15) is 37.7 Å². The van der Waals surface area contributed by atoms with Gasteiger partial charge in [0.05, 0.1) is 11.3 Å². The van der Waals surface area contributed by atoms with Crippen LogP contribution in [-0.4, -0.2) is 22.0 Å². The first-order valence-electron chi connectivity index (χ1n) is 8.21. The van der Waals surface area contributed by atoms with Crippen LogP contribution in [0.5, 0.6) is 0 Å². The van der Waals surface area contributed by atoms with Crippen molar-refractivity contribution < 1.29 is 14.1 Å². The molecule has 27 heavy (non-hydrogen) atoms. The van der Waals surface area contributed by atoms with Gasteiger partial charge in [-0.25, -0.2) is 4.98 Å². The number of benzene rings is 1. The number of pyridine rings is 1. The average Bonchev–Trinajstić information content (AvgIpc) is 3.02. The lowest BCUT2D eigenvalue weighted by molar-refractivity contribution is 0.0844. The summed E-state index contributed by atoms with van der Waals surface area (Å²) in [4.78, 5) is 28.8. The number of thioether (sulfide) groups is 1. The van der Waals surface area contributed by atoms with Gasteiger partial charge in [0.1, 0.15) is 10.8 Å². The number of aryl methyl sites for hydroxylation is 2. The fraction of sp³-hybridized carbons (Fsp3) is 0.158. The number of amides is 2. The van der Waals surface area contributed by atoms with Gasteiger partial charge in [-0.3, -0.25) is 20.4 Å². The van der Waals surface area contributed by atoms with E-state index >= 15 is 0 Å². The third-order valence-electron chi connectivity index (χ3n) is 3.88. The molecule has 3 rings (SSSR count). The molecule has 3 aromatic rings. The number of hydrogen-bond donors (Lipinski definition) is 2. The third-order valence-corrected chi connectivity index (χ3v) is 4.91. The summed E-state index contributed by atoms with van der Waals surface area (Å²) >= 11 is 1.41. The highest BCUT2D eigenvalue weighted by molar-refractivity contribution is 7.98. The monoisotopic (exact) mass is 382 g/mol. The maximum atomic E-state index is 12.5. The van der Waals surface area contributed by atoms with E-state index in [-0.39, 0.29) is 0 Å². The van der Waals surface area contributed by atoms with Gasteiger partial charge in [-0.05, 0) is 38.1 Å². The summed E-state index contributed by atoms with van der Waals surface area (Å²) in [5.41, 5.74) is 7.47. The number of hydrogen-bond acceptors (Lipinski definition) is 6. The first-order chi connectivity index (χ1) is 13.1. The maximum Gasteiger partial charge on any atom is 0.272 e. The Kier molecular flexibility index (Phi) is 5.87. The Morgan fingerprint density at radius 1 is 1.04 bits per heavy atom. The molecule has 0 bridgehead atoms. The van der Waals surface area contributed by atoms with Crippen molar-refractivity contribution in [3.63, 3.8) is 0 Å². The molecule has 0 fully saturated rings. The molecule has 1 aromatic carbocycles. The fourth-order valence-corrected chi connectivity index (χ4v) is 3.51. The smallest absolute Gasteiger partial charge is 0.272 e. The molecule has 8 heteroatoms. The van der Waals surface area contributed by atoms with Gasteiger partial charge < -0.3 is 4.52 Å². The number of nitrogens with zero attached hydrogens (tertiary/aromatic N) is 2. The molecule has 2 aromatic heterocycles. The molecule has 2 amide bonds. The van der Waals surface area contributed by atoms with Crippen LogP contribution >= 0.6 is 11.8 Å². The van der Waals surface area contributed by atoms with E-state index in [9.17, 15) is 9.59 Å². The van der Waals surface area contributed by atoms with Crippen molar-refractivity contribution >= 4 is 23.6 Å². The van der Waals surface area contributed by atoms with Crippen molar-refractivity contribution in [2.24, 2.45) is 0 Å². The molecule has 138 valence electrons. The number of carbonyl (C=O) groups excluding carboxylic acids is 2. The van der Waals surface area contributed by atoms with Gasteiger partial charge in [-0.2, -0.15) is 0 Å². The molecule has 0 aliphatic rings. The van der Waals surface area contributed by atoms with Crippen LogP contribution in [0, 0.1) is 13.8 Å². The second-order valence-electron chi connectivity index (χ2n) is 5.72. The highest BCUT2D eigenvalue weighted by Crippen LogP contribution is 2.27. The van der Waals surface area contributed by atoms with E-state index in [1.54, 1.807) is 42.6 Å². The molecule has 0 atom stereocenters. The van der Waals surface area contributed by atoms with E-state index in [1.165, 1.54) is 11.8 Å². The number of hydrazine groups is 1. The normalized spacial score (nSPS) is 10.4. The lowest BCUT2D eigenvalue weighted by atomic mass is 10.2. The Morgan fingerprint density at radius 3 is 2.48 bits per heavy atom. The second kappa shape index (κ2) is 8.50. The largest absolute Gasteiger partial charge is 0.361 e. The number of rotatable bonds is 5. The Morgan fingerprint density at radius 2 is 1.78 bits per heavy atom. The quantitative estimate of drug-likeness (QED) is 0.520. The van der Waals surface area contributed by atoms with Crippen LogP contribution in [0.2, 0.25) is 0 Å². The van der Waals surface area contributed by atoms with Crippen molar-refractivity contribution in [3.8, 4) is 0 Å². The fourth-order valence-electron chi connectivity index (χ4n) is 2.37. The highest BCUT2D eigenvalue weighted by Gasteiger charge is 2.16. The number of carbonyl (C=O) groups is 2. The van der Waals surface area contributed by atoms with E-state index in [2.05, 4.69) is 21.0 Å². The van der Waals surface area contributed by atoms with Gasteiger partial charge in [-0.15, -0.1) is 11.8 Å². The first kappa shape index (κ1) is 18.7. The van der Waals surface area contributed by atoms with Crippen molar-refractivity contribution in [3.05, 3.63) is 76.8 Å². The van der Waals surface area contributed by atoms with E-state index in [0.717, 1.165) is 17.0 Å². The molecule has 0 aliphatic heterocycles. The molecule has 0 aliphatic carbocycles. The van der Waals surface area contributed by atoms with Gasteiger partial charge in [0.15, 0.2) is 0 Å². The molecule has 2 heterocycles.